The van der Waals surface area contributed by atoms with Crippen LogP contribution in [0.5, 0.6) is 5.75 Å². The van der Waals surface area contributed by atoms with E-state index < -0.39 is 0 Å². The molecule has 2 rings (SSSR count). The van der Waals surface area contributed by atoms with Crippen LogP contribution in [0.2, 0.25) is 0 Å². The molecule has 1 heterocycles. The van der Waals surface area contributed by atoms with Gasteiger partial charge in [-0.2, -0.15) is 0 Å². The molecule has 0 spiro atoms. The van der Waals surface area contributed by atoms with Crippen molar-refractivity contribution in [2.45, 2.75) is 13.0 Å². The molecule has 1 aromatic heterocycles. The Bertz CT molecular complexity index is 590. The van der Waals surface area contributed by atoms with Gasteiger partial charge in [-0.05, 0) is 44.6 Å². The fraction of sp³-hybridized carbons (Fsp3) is 0.357. The molecule has 0 aliphatic carbocycles. The van der Waals surface area contributed by atoms with Crippen molar-refractivity contribution in [3.8, 4) is 5.75 Å². The maximum atomic E-state index is 11.2. The number of likely N-dealkylation sites (N-methyl/N-ethyl adjacent to an activating group) is 1. The summed E-state index contributed by atoms with van der Waals surface area (Å²) >= 11 is 0. The van der Waals surface area contributed by atoms with Crippen LogP contribution < -0.4 is 10.3 Å². The maximum Gasteiger partial charge on any atom is 0.248 e. The normalized spacial score (nSPS) is 12.9. The van der Waals surface area contributed by atoms with Gasteiger partial charge in [0.05, 0.1) is 5.52 Å². The summed E-state index contributed by atoms with van der Waals surface area (Å²) in [6.07, 6.45) is 0. The van der Waals surface area contributed by atoms with Crippen molar-refractivity contribution in [2.75, 3.05) is 20.7 Å². The highest BCUT2D eigenvalue weighted by Crippen LogP contribution is 2.18. The van der Waals surface area contributed by atoms with E-state index in [9.17, 15) is 4.79 Å². The fourth-order valence-electron chi connectivity index (χ4n) is 1.58. The molecule has 0 aliphatic heterocycles. The van der Waals surface area contributed by atoms with Gasteiger partial charge in [-0.25, -0.2) is 0 Å². The molecule has 4 heteroatoms. The maximum absolute atomic E-state index is 11.2. The van der Waals surface area contributed by atoms with E-state index in [0.29, 0.717) is 12.6 Å². The minimum Gasteiger partial charge on any atom is -0.492 e. The molecule has 2 aromatic rings. The number of hydrogen-bond acceptors (Lipinski definition) is 3. The van der Waals surface area contributed by atoms with E-state index in [2.05, 4.69) is 16.8 Å². The van der Waals surface area contributed by atoms with Crippen molar-refractivity contribution >= 4 is 10.9 Å². The van der Waals surface area contributed by atoms with E-state index in [1.807, 2.05) is 32.3 Å². The van der Waals surface area contributed by atoms with E-state index in [0.717, 1.165) is 16.7 Å². The predicted octanol–water partition coefficient (Wildman–Crippen LogP) is 1.86. The Balaban J connectivity index is 2.17. The molecule has 0 bridgehead atoms. The number of nitrogens with one attached hydrogen (secondary N) is 1. The van der Waals surface area contributed by atoms with Gasteiger partial charge in [-0.1, -0.05) is 0 Å². The summed E-state index contributed by atoms with van der Waals surface area (Å²) in [7, 11) is 4.04. The van der Waals surface area contributed by atoms with Crippen LogP contribution in [-0.4, -0.2) is 36.6 Å². The van der Waals surface area contributed by atoms with E-state index >= 15 is 0 Å². The standard InChI is InChI=1S/C14H18N2O2/c1-10(16(2)3)9-18-12-6-4-11-5-7-14(17)15-13(11)8-12/h4-8,10H,9H2,1-3H3,(H,15,17). The van der Waals surface area contributed by atoms with E-state index in [4.69, 9.17) is 4.74 Å². The summed E-state index contributed by atoms with van der Waals surface area (Å²) in [5.41, 5.74) is 0.707. The Kier molecular flexibility index (Phi) is 3.67. The summed E-state index contributed by atoms with van der Waals surface area (Å²) < 4.78 is 5.71. The Morgan fingerprint density at radius 2 is 2.00 bits per heavy atom. The fourth-order valence-corrected chi connectivity index (χ4v) is 1.58. The summed E-state index contributed by atoms with van der Waals surface area (Å²) in [6, 6.07) is 9.40. The number of aromatic nitrogens is 1. The number of aromatic amines is 1. The Morgan fingerprint density at radius 1 is 1.28 bits per heavy atom. The molecule has 0 saturated carbocycles. The second-order valence-corrected chi connectivity index (χ2v) is 4.70. The summed E-state index contributed by atoms with van der Waals surface area (Å²) in [5.74, 6) is 0.776. The van der Waals surface area contributed by atoms with Crippen LogP contribution in [0.1, 0.15) is 6.92 Å². The van der Waals surface area contributed by atoms with Crippen molar-refractivity contribution in [1.29, 1.82) is 0 Å². The first kappa shape index (κ1) is 12.6. The second-order valence-electron chi connectivity index (χ2n) is 4.70. The highest BCUT2D eigenvalue weighted by molar-refractivity contribution is 5.79. The lowest BCUT2D eigenvalue weighted by Gasteiger charge is -2.20. The zero-order chi connectivity index (χ0) is 13.1. The van der Waals surface area contributed by atoms with Gasteiger partial charge in [0.25, 0.3) is 0 Å². The molecule has 1 N–H and O–H groups in total. The quantitative estimate of drug-likeness (QED) is 0.895. The van der Waals surface area contributed by atoms with E-state index in [-0.39, 0.29) is 5.56 Å². The van der Waals surface area contributed by atoms with Gasteiger partial charge in [0.15, 0.2) is 0 Å². The lowest BCUT2D eigenvalue weighted by Crippen LogP contribution is -2.30. The predicted molar refractivity (Wildman–Crippen MR) is 73.2 cm³/mol. The second kappa shape index (κ2) is 5.23. The Morgan fingerprint density at radius 3 is 2.72 bits per heavy atom. The molecule has 0 saturated heterocycles. The van der Waals surface area contributed by atoms with Crippen molar-refractivity contribution < 1.29 is 4.74 Å². The molecule has 1 atom stereocenters. The third kappa shape index (κ3) is 2.90. The summed E-state index contributed by atoms with van der Waals surface area (Å²) in [4.78, 5) is 16.1. The summed E-state index contributed by atoms with van der Waals surface area (Å²) in [6.45, 7) is 2.72. The van der Waals surface area contributed by atoms with Crippen LogP contribution in [0.15, 0.2) is 35.1 Å². The molecular weight excluding hydrogens is 228 g/mol. The first-order valence-corrected chi connectivity index (χ1v) is 5.98. The average molecular weight is 246 g/mol. The molecular formula is C14H18N2O2. The minimum atomic E-state index is -0.0960. The lowest BCUT2D eigenvalue weighted by molar-refractivity contribution is 0.198. The van der Waals surface area contributed by atoms with Gasteiger partial charge < -0.3 is 14.6 Å². The van der Waals surface area contributed by atoms with Crippen LogP contribution in [0.4, 0.5) is 0 Å². The number of ether oxygens (including phenoxy) is 1. The average Bonchev–Trinajstić information content (AvgIpc) is 2.35. The van der Waals surface area contributed by atoms with Crippen LogP contribution in [0.3, 0.4) is 0 Å². The number of pyridine rings is 1. The van der Waals surface area contributed by atoms with Crippen molar-refractivity contribution in [2.24, 2.45) is 0 Å². The number of fused-ring (bicyclic) bond motifs is 1. The van der Waals surface area contributed by atoms with Crippen LogP contribution in [0.25, 0.3) is 10.9 Å². The van der Waals surface area contributed by atoms with Gasteiger partial charge in [0.2, 0.25) is 5.56 Å². The molecule has 18 heavy (non-hydrogen) atoms. The van der Waals surface area contributed by atoms with E-state index in [1.54, 1.807) is 6.07 Å². The Labute approximate surface area is 106 Å². The highest BCUT2D eigenvalue weighted by Gasteiger charge is 2.05. The third-order valence-electron chi connectivity index (χ3n) is 3.07. The number of nitrogens with zero attached hydrogens (tertiary/aromatic N) is 1. The smallest absolute Gasteiger partial charge is 0.248 e. The number of rotatable bonds is 4. The SMILES string of the molecule is CC(COc1ccc2ccc(=O)[nH]c2c1)N(C)C. The molecule has 0 radical (unpaired) electrons. The number of H-pyrrole nitrogens is 1. The van der Waals surface area contributed by atoms with Crippen LogP contribution >= 0.6 is 0 Å². The molecule has 0 amide bonds. The highest BCUT2D eigenvalue weighted by atomic mass is 16.5. The van der Waals surface area contributed by atoms with Crippen molar-refractivity contribution in [3.63, 3.8) is 0 Å². The Hall–Kier alpha value is -1.81. The molecule has 4 nitrogen and oxygen atoms in total. The molecule has 1 aromatic carbocycles. The first-order valence-electron chi connectivity index (χ1n) is 5.98. The van der Waals surface area contributed by atoms with Gasteiger partial charge in [-0.15, -0.1) is 0 Å². The molecule has 0 fully saturated rings. The topological polar surface area (TPSA) is 45.3 Å². The van der Waals surface area contributed by atoms with E-state index in [1.165, 1.54) is 6.07 Å². The van der Waals surface area contributed by atoms with Gasteiger partial charge in [0, 0.05) is 18.2 Å². The molecule has 0 aliphatic rings. The van der Waals surface area contributed by atoms with Gasteiger partial charge in [0.1, 0.15) is 12.4 Å². The van der Waals surface area contributed by atoms with Gasteiger partial charge in [-0.3, -0.25) is 4.79 Å². The summed E-state index contributed by atoms with van der Waals surface area (Å²) in [5, 5.41) is 1.00. The molecule has 96 valence electrons. The third-order valence-corrected chi connectivity index (χ3v) is 3.07. The lowest BCUT2D eigenvalue weighted by atomic mass is 10.2. The number of benzene rings is 1. The zero-order valence-electron chi connectivity index (χ0n) is 10.9. The van der Waals surface area contributed by atoms with Gasteiger partial charge >= 0.3 is 0 Å². The zero-order valence-corrected chi connectivity index (χ0v) is 10.9. The van der Waals surface area contributed by atoms with Crippen molar-refractivity contribution in [3.05, 3.63) is 40.7 Å². The molecule has 1 unspecified atom stereocenters. The minimum absolute atomic E-state index is 0.0960. The van der Waals surface area contributed by atoms with Crippen LogP contribution in [0, 0.1) is 0 Å². The first-order chi connectivity index (χ1) is 8.56. The number of hydrogen-bond donors (Lipinski definition) is 1. The van der Waals surface area contributed by atoms with Crippen LogP contribution in [-0.2, 0) is 0 Å². The largest absolute Gasteiger partial charge is 0.492 e. The monoisotopic (exact) mass is 246 g/mol. The van der Waals surface area contributed by atoms with Crippen molar-refractivity contribution in [1.82, 2.24) is 9.88 Å².